The van der Waals surface area contributed by atoms with Crippen molar-refractivity contribution < 1.29 is 0 Å². The SMILES string of the molecule is CC(C)(I)C(C)(N)I. The minimum absolute atomic E-state index is 0.106. The molecular formula is C5H11I2N. The lowest BCUT2D eigenvalue weighted by Gasteiger charge is -2.30. The second-order valence-electron chi connectivity index (χ2n) is 2.55. The molecular weight excluding hydrogens is 328 g/mol. The molecule has 2 N–H and O–H groups in total. The molecule has 0 amide bonds. The molecule has 0 aliphatic carbocycles. The van der Waals surface area contributed by atoms with E-state index in [1.54, 1.807) is 0 Å². The zero-order chi connectivity index (χ0) is 7.00. The van der Waals surface area contributed by atoms with E-state index in [2.05, 4.69) is 59.0 Å². The molecule has 0 rings (SSSR count). The first-order valence-corrected chi connectivity index (χ1v) is 4.57. The van der Waals surface area contributed by atoms with Crippen LogP contribution in [0.3, 0.4) is 0 Å². The van der Waals surface area contributed by atoms with Gasteiger partial charge in [0.2, 0.25) is 0 Å². The first kappa shape index (κ1) is 9.42. The highest BCUT2D eigenvalue weighted by Gasteiger charge is 2.31. The second kappa shape index (κ2) is 2.57. The Bertz CT molecular complexity index is 65.4. The highest BCUT2D eigenvalue weighted by atomic mass is 127. The molecule has 0 bridgehead atoms. The summed E-state index contributed by atoms with van der Waals surface area (Å²) in [6, 6.07) is 0. The molecule has 50 valence electrons. The van der Waals surface area contributed by atoms with E-state index < -0.39 is 0 Å². The molecule has 1 nitrogen and oxygen atoms in total. The topological polar surface area (TPSA) is 26.0 Å². The van der Waals surface area contributed by atoms with Gasteiger partial charge < -0.3 is 5.73 Å². The maximum Gasteiger partial charge on any atom is 0.0793 e. The van der Waals surface area contributed by atoms with Crippen molar-refractivity contribution in [3.8, 4) is 0 Å². The molecule has 0 radical (unpaired) electrons. The summed E-state index contributed by atoms with van der Waals surface area (Å²) in [5.41, 5.74) is 5.79. The van der Waals surface area contributed by atoms with E-state index in [1.165, 1.54) is 0 Å². The third-order valence-electron chi connectivity index (χ3n) is 1.16. The van der Waals surface area contributed by atoms with Gasteiger partial charge in [0.1, 0.15) is 0 Å². The lowest BCUT2D eigenvalue weighted by molar-refractivity contribution is 0.580. The first-order valence-electron chi connectivity index (χ1n) is 2.42. The summed E-state index contributed by atoms with van der Waals surface area (Å²) in [4.78, 5) is 0. The first-order chi connectivity index (χ1) is 3.25. The van der Waals surface area contributed by atoms with Crippen molar-refractivity contribution >= 4 is 45.2 Å². The molecule has 0 fully saturated rings. The standard InChI is InChI=1S/C5H11I2N/c1-4(2,6)5(3,7)8/h8H2,1-3H3. The third kappa shape index (κ3) is 2.82. The number of hydrogen-bond acceptors (Lipinski definition) is 1. The third-order valence-corrected chi connectivity index (χ3v) is 4.66. The van der Waals surface area contributed by atoms with E-state index in [-0.39, 0.29) is 6.97 Å². The molecule has 8 heavy (non-hydrogen) atoms. The van der Waals surface area contributed by atoms with Crippen molar-refractivity contribution in [2.45, 2.75) is 27.7 Å². The Labute approximate surface area is 78.1 Å². The molecule has 0 saturated heterocycles. The van der Waals surface area contributed by atoms with Crippen LogP contribution in [-0.2, 0) is 0 Å². The van der Waals surface area contributed by atoms with Gasteiger partial charge in [-0.3, -0.25) is 0 Å². The van der Waals surface area contributed by atoms with Gasteiger partial charge in [0, 0.05) is 3.42 Å². The Morgan fingerprint density at radius 1 is 1.12 bits per heavy atom. The van der Waals surface area contributed by atoms with Crippen molar-refractivity contribution in [2.24, 2.45) is 5.73 Å². The Morgan fingerprint density at radius 3 is 1.25 bits per heavy atom. The second-order valence-corrected chi connectivity index (χ2v) is 7.49. The molecule has 0 spiro atoms. The van der Waals surface area contributed by atoms with E-state index in [4.69, 9.17) is 5.73 Å². The maximum absolute atomic E-state index is 5.79. The van der Waals surface area contributed by atoms with Crippen molar-refractivity contribution in [1.82, 2.24) is 0 Å². The van der Waals surface area contributed by atoms with Crippen LogP contribution in [0.1, 0.15) is 20.8 Å². The average molecular weight is 339 g/mol. The van der Waals surface area contributed by atoms with Crippen LogP contribution < -0.4 is 5.73 Å². The minimum Gasteiger partial charge on any atom is -0.316 e. The molecule has 0 aliphatic rings. The van der Waals surface area contributed by atoms with Gasteiger partial charge in [-0.25, -0.2) is 0 Å². The van der Waals surface area contributed by atoms with Crippen molar-refractivity contribution in [2.75, 3.05) is 0 Å². The minimum atomic E-state index is -0.106. The number of rotatable bonds is 1. The van der Waals surface area contributed by atoms with Crippen molar-refractivity contribution in [3.63, 3.8) is 0 Å². The molecule has 0 heterocycles. The molecule has 3 heteroatoms. The molecule has 0 aromatic rings. The van der Waals surface area contributed by atoms with Gasteiger partial charge >= 0.3 is 0 Å². The maximum atomic E-state index is 5.79. The van der Waals surface area contributed by atoms with E-state index in [0.29, 0.717) is 0 Å². The fourth-order valence-corrected chi connectivity index (χ4v) is 0. The number of halogens is 2. The smallest absolute Gasteiger partial charge is 0.0793 e. The van der Waals surface area contributed by atoms with Crippen molar-refractivity contribution in [3.05, 3.63) is 0 Å². The summed E-state index contributed by atoms with van der Waals surface area (Å²) in [5.74, 6) is 0. The van der Waals surface area contributed by atoms with E-state index >= 15 is 0 Å². The Kier molecular flexibility index (Phi) is 3.03. The molecule has 0 aromatic heterocycles. The summed E-state index contributed by atoms with van der Waals surface area (Å²) < 4.78 is 0.0661. The zero-order valence-electron chi connectivity index (χ0n) is 5.33. The fraction of sp³-hybridized carbons (Fsp3) is 1.00. The van der Waals surface area contributed by atoms with E-state index in [0.717, 1.165) is 0 Å². The Hall–Kier alpha value is 1.42. The molecule has 0 aromatic carbocycles. The summed E-state index contributed by atoms with van der Waals surface area (Å²) in [6.07, 6.45) is 0. The number of alkyl halides is 2. The van der Waals surface area contributed by atoms with Gasteiger partial charge in [-0.1, -0.05) is 45.2 Å². The average Bonchev–Trinajstić information content (AvgIpc) is 1.25. The Balaban J connectivity index is 4.02. The van der Waals surface area contributed by atoms with Gasteiger partial charge in [-0.2, -0.15) is 0 Å². The van der Waals surface area contributed by atoms with Crippen LogP contribution in [0.25, 0.3) is 0 Å². The van der Waals surface area contributed by atoms with E-state index in [1.807, 2.05) is 6.92 Å². The van der Waals surface area contributed by atoms with Crippen LogP contribution >= 0.6 is 45.2 Å². The summed E-state index contributed by atoms with van der Waals surface area (Å²) in [7, 11) is 0. The normalized spacial score (nSPS) is 20.2. The predicted molar refractivity (Wildman–Crippen MR) is 54.7 cm³/mol. The highest BCUT2D eigenvalue weighted by Crippen LogP contribution is 2.33. The molecule has 0 aliphatic heterocycles. The number of nitrogens with two attached hydrogens (primary N) is 1. The van der Waals surface area contributed by atoms with E-state index in [9.17, 15) is 0 Å². The van der Waals surface area contributed by atoms with Gasteiger partial charge in [0.15, 0.2) is 0 Å². The monoisotopic (exact) mass is 339 g/mol. The molecule has 0 saturated carbocycles. The van der Waals surface area contributed by atoms with Crippen LogP contribution in [0.4, 0.5) is 0 Å². The highest BCUT2D eigenvalue weighted by molar-refractivity contribution is 14.1. The van der Waals surface area contributed by atoms with Crippen LogP contribution in [0.5, 0.6) is 0 Å². The van der Waals surface area contributed by atoms with Crippen molar-refractivity contribution in [1.29, 1.82) is 0 Å². The lowest BCUT2D eigenvalue weighted by Crippen LogP contribution is -2.45. The largest absolute Gasteiger partial charge is 0.316 e. The summed E-state index contributed by atoms with van der Waals surface area (Å²) in [5, 5.41) is 0. The zero-order valence-corrected chi connectivity index (χ0v) is 9.65. The lowest BCUT2D eigenvalue weighted by atomic mass is 10.1. The van der Waals surface area contributed by atoms with Gasteiger partial charge in [0.25, 0.3) is 0 Å². The molecule has 1 atom stereocenters. The fourth-order valence-electron chi connectivity index (χ4n) is 0. The van der Waals surface area contributed by atoms with Crippen LogP contribution in [0, 0.1) is 0 Å². The van der Waals surface area contributed by atoms with Gasteiger partial charge in [-0.15, -0.1) is 0 Å². The van der Waals surface area contributed by atoms with Crippen LogP contribution in [0.15, 0.2) is 0 Å². The summed E-state index contributed by atoms with van der Waals surface area (Å²) in [6.45, 7) is 6.28. The van der Waals surface area contributed by atoms with Crippen LogP contribution in [-0.4, -0.2) is 6.97 Å². The number of hydrogen-bond donors (Lipinski definition) is 1. The Morgan fingerprint density at radius 2 is 1.25 bits per heavy atom. The van der Waals surface area contributed by atoms with Crippen LogP contribution in [0.2, 0.25) is 0 Å². The van der Waals surface area contributed by atoms with Gasteiger partial charge in [0.05, 0.1) is 3.55 Å². The predicted octanol–water partition coefficient (Wildman–Crippen LogP) is 2.31. The molecule has 1 unspecified atom stereocenters. The van der Waals surface area contributed by atoms with Gasteiger partial charge in [-0.05, 0) is 20.8 Å². The quantitative estimate of drug-likeness (QED) is 0.443. The summed E-state index contributed by atoms with van der Waals surface area (Å²) >= 11 is 4.60.